The molecule has 0 aliphatic rings. The molecule has 0 fully saturated rings. The molecule has 0 saturated carbocycles. The first-order valence-electron chi connectivity index (χ1n) is 3.64. The highest BCUT2D eigenvalue weighted by Crippen LogP contribution is 1.75. The van der Waals surface area contributed by atoms with Gasteiger partial charge in [-0.15, -0.1) is 0 Å². The summed E-state index contributed by atoms with van der Waals surface area (Å²) in [6.45, 7) is 3.43. The highest BCUT2D eigenvalue weighted by molar-refractivity contribution is 7.80. The molecule has 0 aromatic heterocycles. The number of amides is 1. The van der Waals surface area contributed by atoms with E-state index in [0.29, 0.717) is 0 Å². The van der Waals surface area contributed by atoms with Gasteiger partial charge in [0.15, 0.2) is 0 Å². The summed E-state index contributed by atoms with van der Waals surface area (Å²) in [4.78, 5) is 14.4. The Morgan fingerprint density at radius 3 is 1.15 bits per heavy atom. The van der Waals surface area contributed by atoms with E-state index < -0.39 is 0 Å². The van der Waals surface area contributed by atoms with Crippen molar-refractivity contribution in [1.29, 1.82) is 0 Å². The van der Waals surface area contributed by atoms with E-state index in [1.165, 1.54) is 11.8 Å². The molecule has 0 aromatic rings. The summed E-state index contributed by atoms with van der Waals surface area (Å²) in [5, 5.41) is 0. The van der Waals surface area contributed by atoms with Gasteiger partial charge >= 0.3 is 0 Å². The van der Waals surface area contributed by atoms with Crippen molar-refractivity contribution in [3.63, 3.8) is 0 Å². The Morgan fingerprint density at radius 1 is 1.00 bits per heavy atom. The van der Waals surface area contributed by atoms with Gasteiger partial charge in [0.1, 0.15) is 0 Å². The Hall–Kier alpha value is -0.640. The Labute approximate surface area is 87.7 Å². The normalized spacial score (nSPS) is 7.23. The maximum absolute atomic E-state index is 10.1. The van der Waals surface area contributed by atoms with Crippen LogP contribution >= 0.6 is 12.2 Å². The zero-order valence-corrected chi connectivity index (χ0v) is 9.53. The molecule has 0 aliphatic heterocycles. The summed E-state index contributed by atoms with van der Waals surface area (Å²) >= 11 is 4.75. The molecule has 80 valence electrons. The lowest BCUT2D eigenvalue weighted by molar-refractivity contribution is -0.126. The molecule has 4 heteroatoms. The van der Waals surface area contributed by atoms with Crippen molar-refractivity contribution < 1.29 is 4.79 Å². The molecule has 0 spiro atoms. The largest absolute Gasteiger partial charge is 0.373 e. The van der Waals surface area contributed by atoms with Crippen molar-refractivity contribution in [3.8, 4) is 0 Å². The van der Waals surface area contributed by atoms with Crippen LogP contribution in [0.4, 0.5) is 0 Å². The molecule has 0 saturated heterocycles. The van der Waals surface area contributed by atoms with E-state index in [2.05, 4.69) is 0 Å². The average Bonchev–Trinajstić information content (AvgIpc) is 1.88. The zero-order valence-electron chi connectivity index (χ0n) is 8.71. The van der Waals surface area contributed by atoms with E-state index in [1.807, 2.05) is 25.9 Å². The second-order valence-electron chi connectivity index (χ2n) is 2.83. The molecule has 0 bridgehead atoms. The third-order valence-corrected chi connectivity index (χ3v) is 1.62. The van der Waals surface area contributed by atoms with Crippen molar-refractivity contribution in [1.82, 2.24) is 9.80 Å². The van der Waals surface area contributed by atoms with Crippen LogP contribution in [0.15, 0.2) is 0 Å². The van der Waals surface area contributed by atoms with E-state index in [0.717, 1.165) is 4.99 Å². The number of rotatable bonds is 0. The topological polar surface area (TPSA) is 23.6 Å². The van der Waals surface area contributed by atoms with Gasteiger partial charge in [-0.25, -0.2) is 0 Å². The van der Waals surface area contributed by atoms with E-state index in [-0.39, 0.29) is 13.3 Å². The third-order valence-electron chi connectivity index (χ3n) is 1.26. The number of thiocarbonyl (C=S) groups is 1. The lowest BCUT2D eigenvalue weighted by atomic mass is 10.7. The van der Waals surface area contributed by atoms with Gasteiger partial charge in [-0.2, -0.15) is 0 Å². The van der Waals surface area contributed by atoms with Crippen LogP contribution in [-0.2, 0) is 4.79 Å². The average molecular weight is 206 g/mol. The molecule has 13 heavy (non-hydrogen) atoms. The second kappa shape index (κ2) is 9.45. The third kappa shape index (κ3) is 18.4. The maximum Gasteiger partial charge on any atom is 0.218 e. The Kier molecular flexibility index (Phi) is 13.2. The predicted molar refractivity (Wildman–Crippen MR) is 63.1 cm³/mol. The highest BCUT2D eigenvalue weighted by Gasteiger charge is 1.87. The maximum atomic E-state index is 10.1. The van der Waals surface area contributed by atoms with Gasteiger partial charge in [0.25, 0.3) is 0 Å². The summed E-state index contributed by atoms with van der Waals surface area (Å²) in [6, 6.07) is 0. The molecule has 0 aromatic carbocycles. The molecule has 0 N–H and O–H groups in total. The summed E-state index contributed by atoms with van der Waals surface area (Å²) < 4.78 is 0. The molecule has 1 amide bonds. The Bertz CT molecular complexity index is 138. The minimum absolute atomic E-state index is 0. The summed E-state index contributed by atoms with van der Waals surface area (Å²) in [5.41, 5.74) is 0. The molecule has 0 radical (unpaired) electrons. The summed E-state index contributed by atoms with van der Waals surface area (Å²) in [7, 11) is 7.31. The van der Waals surface area contributed by atoms with Crippen molar-refractivity contribution in [2.24, 2.45) is 0 Å². The van der Waals surface area contributed by atoms with Gasteiger partial charge in [-0.05, 0) is 6.92 Å². The van der Waals surface area contributed by atoms with Crippen LogP contribution in [-0.4, -0.2) is 48.9 Å². The van der Waals surface area contributed by atoms with Crippen LogP contribution in [0.3, 0.4) is 0 Å². The summed E-state index contributed by atoms with van der Waals surface area (Å²) in [5.74, 6) is 0.0926. The van der Waals surface area contributed by atoms with E-state index >= 15 is 0 Å². The van der Waals surface area contributed by atoms with Crippen LogP contribution in [0, 0.1) is 0 Å². The number of nitrogens with zero attached hydrogens (tertiary/aromatic N) is 2. The Morgan fingerprint density at radius 2 is 1.15 bits per heavy atom. The molecule has 0 aliphatic carbocycles. The van der Waals surface area contributed by atoms with E-state index in [4.69, 9.17) is 12.2 Å². The number of hydrogen-bond donors (Lipinski definition) is 0. The van der Waals surface area contributed by atoms with Crippen molar-refractivity contribution in [3.05, 3.63) is 0 Å². The van der Waals surface area contributed by atoms with Gasteiger partial charge in [-0.3, -0.25) is 4.79 Å². The highest BCUT2D eigenvalue weighted by atomic mass is 32.1. The second-order valence-corrected chi connectivity index (χ2v) is 3.42. The molecule has 0 heterocycles. The van der Waals surface area contributed by atoms with Crippen LogP contribution in [0.5, 0.6) is 0 Å². The monoisotopic (exact) mass is 206 g/mol. The first-order chi connectivity index (χ1) is 5.29. The van der Waals surface area contributed by atoms with E-state index in [9.17, 15) is 4.79 Å². The first-order valence-corrected chi connectivity index (χ1v) is 4.05. The lowest BCUT2D eigenvalue weighted by Crippen LogP contribution is -2.17. The Balaban J connectivity index is -0.000000143. The molecule has 0 rings (SSSR count). The van der Waals surface area contributed by atoms with Crippen molar-refractivity contribution in [2.45, 2.75) is 21.3 Å². The van der Waals surface area contributed by atoms with Gasteiger partial charge in [0.2, 0.25) is 5.91 Å². The van der Waals surface area contributed by atoms with Crippen molar-refractivity contribution >= 4 is 23.1 Å². The molecular weight excluding hydrogens is 184 g/mol. The van der Waals surface area contributed by atoms with Crippen molar-refractivity contribution in [2.75, 3.05) is 28.2 Å². The zero-order chi connectivity index (χ0) is 10.3. The van der Waals surface area contributed by atoms with Crippen LogP contribution in [0.25, 0.3) is 0 Å². The molecule has 3 nitrogen and oxygen atoms in total. The minimum atomic E-state index is 0. The van der Waals surface area contributed by atoms with Gasteiger partial charge in [0, 0.05) is 35.1 Å². The van der Waals surface area contributed by atoms with Gasteiger partial charge < -0.3 is 9.80 Å². The lowest BCUT2D eigenvalue weighted by Gasteiger charge is -2.06. The smallest absolute Gasteiger partial charge is 0.218 e. The summed E-state index contributed by atoms with van der Waals surface area (Å²) in [6.07, 6.45) is 0. The fourth-order valence-corrected chi connectivity index (χ4v) is 0. The van der Waals surface area contributed by atoms with Crippen LogP contribution < -0.4 is 0 Å². The molecule has 0 unspecified atom stereocenters. The standard InChI is InChI=1S/C4H9NO.C4H9NS.CH4/c2*1-4(6)5(2)3;/h2*1-3H3;1H4. The fraction of sp³-hybridized carbons (Fsp3) is 0.778. The first kappa shape index (κ1) is 18.2. The van der Waals surface area contributed by atoms with Crippen LogP contribution in [0.2, 0.25) is 0 Å². The number of hydrogen-bond acceptors (Lipinski definition) is 2. The number of carbonyl (C=O) groups excluding carboxylic acids is 1. The van der Waals surface area contributed by atoms with Gasteiger partial charge in [-0.1, -0.05) is 19.6 Å². The molecular formula is C9H22N2OS. The van der Waals surface area contributed by atoms with E-state index in [1.54, 1.807) is 14.1 Å². The molecule has 0 atom stereocenters. The van der Waals surface area contributed by atoms with Crippen LogP contribution in [0.1, 0.15) is 21.3 Å². The SMILES string of the molecule is C.CC(=O)N(C)C.CC(=S)N(C)C. The van der Waals surface area contributed by atoms with Gasteiger partial charge in [0.05, 0.1) is 4.99 Å². The quantitative estimate of drug-likeness (QED) is 0.563. The number of carbonyl (C=O) groups is 1. The minimum Gasteiger partial charge on any atom is -0.373 e. The predicted octanol–water partition coefficient (Wildman–Crippen LogP) is 1.63. The fourth-order valence-electron chi connectivity index (χ4n) is 0.